The van der Waals surface area contributed by atoms with E-state index in [0.29, 0.717) is 0 Å². The molecule has 0 unspecified atom stereocenters. The van der Waals surface area contributed by atoms with Gasteiger partial charge >= 0.3 is 11.9 Å². The fraction of sp³-hybridized carbons (Fsp3) is 0.190. The molecule has 1 aromatic heterocycles. The SMILES string of the molecule is CCN(CC)c1nc2ccccc2c(N)c1-c1ccccc1.O=C(O)C(=O)O. The lowest BCUT2D eigenvalue weighted by Gasteiger charge is -2.25. The van der Waals surface area contributed by atoms with Crippen LogP contribution in [0.1, 0.15) is 13.8 Å². The predicted octanol–water partition coefficient (Wildman–Crippen LogP) is 3.49. The van der Waals surface area contributed by atoms with Crippen LogP contribution in [0.25, 0.3) is 22.0 Å². The molecule has 4 N–H and O–H groups in total. The van der Waals surface area contributed by atoms with Crippen molar-refractivity contribution in [3.8, 4) is 11.1 Å². The zero-order chi connectivity index (χ0) is 20.7. The number of carboxylic acids is 2. The molecule has 7 nitrogen and oxygen atoms in total. The maximum absolute atomic E-state index is 9.10. The second kappa shape index (κ2) is 9.36. The molecule has 0 amide bonds. The molecule has 28 heavy (non-hydrogen) atoms. The fourth-order valence-electron chi connectivity index (χ4n) is 2.87. The zero-order valence-electron chi connectivity index (χ0n) is 15.8. The molecule has 3 aromatic rings. The van der Waals surface area contributed by atoms with E-state index >= 15 is 0 Å². The average molecular weight is 381 g/mol. The van der Waals surface area contributed by atoms with Crippen molar-refractivity contribution in [2.45, 2.75) is 13.8 Å². The molecule has 0 aliphatic heterocycles. The third kappa shape index (κ3) is 4.56. The molecular formula is C21H23N3O4. The highest BCUT2D eigenvalue weighted by molar-refractivity contribution is 6.27. The Balaban J connectivity index is 0.000000409. The number of nitrogens with zero attached hydrogens (tertiary/aromatic N) is 2. The van der Waals surface area contributed by atoms with Crippen LogP contribution in [0.3, 0.4) is 0 Å². The molecule has 0 aliphatic rings. The zero-order valence-corrected chi connectivity index (χ0v) is 15.8. The minimum atomic E-state index is -1.82. The van der Waals surface area contributed by atoms with Gasteiger partial charge in [0.25, 0.3) is 0 Å². The van der Waals surface area contributed by atoms with Crippen molar-refractivity contribution in [1.82, 2.24) is 4.98 Å². The molecule has 0 saturated heterocycles. The summed E-state index contributed by atoms with van der Waals surface area (Å²) in [4.78, 5) is 25.4. The maximum atomic E-state index is 9.10. The van der Waals surface area contributed by atoms with Crippen molar-refractivity contribution in [1.29, 1.82) is 0 Å². The Hall–Kier alpha value is -3.61. The minimum absolute atomic E-state index is 0.804. The number of rotatable bonds is 4. The van der Waals surface area contributed by atoms with E-state index in [1.54, 1.807) is 0 Å². The highest BCUT2D eigenvalue weighted by Gasteiger charge is 2.17. The number of nitrogen functional groups attached to an aromatic ring is 1. The van der Waals surface area contributed by atoms with Gasteiger partial charge in [-0.3, -0.25) is 0 Å². The number of para-hydroxylation sites is 1. The Morgan fingerprint density at radius 3 is 2.00 bits per heavy atom. The molecule has 0 radical (unpaired) electrons. The highest BCUT2D eigenvalue weighted by Crippen LogP contribution is 2.38. The Morgan fingerprint density at radius 2 is 1.46 bits per heavy atom. The van der Waals surface area contributed by atoms with Gasteiger partial charge in [0.15, 0.2) is 0 Å². The van der Waals surface area contributed by atoms with Crippen molar-refractivity contribution < 1.29 is 19.8 Å². The van der Waals surface area contributed by atoms with E-state index < -0.39 is 11.9 Å². The first-order valence-corrected chi connectivity index (χ1v) is 8.85. The van der Waals surface area contributed by atoms with Crippen molar-refractivity contribution >= 4 is 34.3 Å². The summed E-state index contributed by atoms with van der Waals surface area (Å²) in [6.45, 7) is 6.10. The monoisotopic (exact) mass is 381 g/mol. The van der Waals surface area contributed by atoms with Gasteiger partial charge in [0.05, 0.1) is 11.2 Å². The highest BCUT2D eigenvalue weighted by atomic mass is 16.4. The maximum Gasteiger partial charge on any atom is 0.414 e. The van der Waals surface area contributed by atoms with E-state index in [1.807, 2.05) is 42.5 Å². The van der Waals surface area contributed by atoms with Crippen molar-refractivity contribution in [3.05, 3.63) is 54.6 Å². The summed E-state index contributed by atoms with van der Waals surface area (Å²) >= 11 is 0. The first kappa shape index (κ1) is 20.7. The number of aliphatic carboxylic acids is 2. The van der Waals surface area contributed by atoms with E-state index in [9.17, 15) is 0 Å². The molecule has 2 aromatic carbocycles. The Kier molecular flexibility index (Phi) is 6.92. The van der Waals surface area contributed by atoms with Crippen molar-refractivity contribution in [2.75, 3.05) is 23.7 Å². The van der Waals surface area contributed by atoms with E-state index in [2.05, 4.69) is 30.9 Å². The van der Waals surface area contributed by atoms with Gasteiger partial charge in [-0.2, -0.15) is 0 Å². The van der Waals surface area contributed by atoms with Gasteiger partial charge in [-0.25, -0.2) is 14.6 Å². The van der Waals surface area contributed by atoms with E-state index in [4.69, 9.17) is 30.5 Å². The average Bonchev–Trinajstić information content (AvgIpc) is 2.70. The topological polar surface area (TPSA) is 117 Å². The fourth-order valence-corrected chi connectivity index (χ4v) is 2.87. The van der Waals surface area contributed by atoms with Crippen LogP contribution in [-0.4, -0.2) is 40.2 Å². The summed E-state index contributed by atoms with van der Waals surface area (Å²) < 4.78 is 0. The predicted molar refractivity (Wildman–Crippen MR) is 110 cm³/mol. The van der Waals surface area contributed by atoms with Crippen LogP contribution in [-0.2, 0) is 9.59 Å². The molecule has 7 heteroatoms. The van der Waals surface area contributed by atoms with Gasteiger partial charge in [-0.15, -0.1) is 0 Å². The number of hydrogen-bond donors (Lipinski definition) is 3. The summed E-state index contributed by atoms with van der Waals surface area (Å²) in [6.07, 6.45) is 0. The smallest absolute Gasteiger partial charge is 0.414 e. The number of carboxylic acid groups (broad SMARTS) is 2. The quantitative estimate of drug-likeness (QED) is 0.592. The number of carbonyl (C=O) groups is 2. The lowest BCUT2D eigenvalue weighted by atomic mass is 10.0. The number of fused-ring (bicyclic) bond motifs is 1. The Morgan fingerprint density at radius 1 is 0.929 bits per heavy atom. The van der Waals surface area contributed by atoms with Gasteiger partial charge in [0.2, 0.25) is 0 Å². The van der Waals surface area contributed by atoms with Crippen LogP contribution in [0, 0.1) is 0 Å². The van der Waals surface area contributed by atoms with Crippen molar-refractivity contribution in [3.63, 3.8) is 0 Å². The molecule has 3 rings (SSSR count). The van der Waals surface area contributed by atoms with Crippen LogP contribution in [0.15, 0.2) is 54.6 Å². The van der Waals surface area contributed by atoms with Crippen LogP contribution >= 0.6 is 0 Å². The second-order valence-electron chi connectivity index (χ2n) is 5.89. The first-order valence-electron chi connectivity index (χ1n) is 8.85. The summed E-state index contributed by atoms with van der Waals surface area (Å²) in [7, 11) is 0. The summed E-state index contributed by atoms with van der Waals surface area (Å²) in [5, 5.41) is 15.8. The van der Waals surface area contributed by atoms with E-state index in [0.717, 1.165) is 46.6 Å². The number of benzene rings is 2. The number of nitrogens with two attached hydrogens (primary N) is 1. The van der Waals surface area contributed by atoms with Gasteiger partial charge in [0, 0.05) is 24.0 Å². The van der Waals surface area contributed by atoms with Crippen LogP contribution < -0.4 is 10.6 Å². The molecular weight excluding hydrogens is 358 g/mol. The molecule has 0 atom stereocenters. The number of hydrogen-bond acceptors (Lipinski definition) is 5. The number of pyridine rings is 1. The third-order valence-electron chi connectivity index (χ3n) is 4.22. The minimum Gasteiger partial charge on any atom is -0.473 e. The van der Waals surface area contributed by atoms with E-state index in [1.165, 1.54) is 0 Å². The molecule has 0 spiro atoms. The van der Waals surface area contributed by atoms with Gasteiger partial charge < -0.3 is 20.8 Å². The van der Waals surface area contributed by atoms with Crippen LogP contribution in [0.5, 0.6) is 0 Å². The molecule has 0 fully saturated rings. The standard InChI is InChI=1S/C19H21N3.C2H2O4/c1-3-22(4-2)19-17(14-10-6-5-7-11-14)18(20)15-12-8-9-13-16(15)21-19;3-1(4)2(5)6/h5-13H,3-4H2,1-2H3,(H2,20,21);(H,3,4)(H,5,6). The largest absolute Gasteiger partial charge is 0.473 e. The Labute approximate surface area is 163 Å². The molecule has 0 saturated carbocycles. The molecule has 146 valence electrons. The summed E-state index contributed by atoms with van der Waals surface area (Å²) in [6, 6.07) is 18.3. The van der Waals surface area contributed by atoms with Crippen molar-refractivity contribution in [2.24, 2.45) is 0 Å². The normalized spacial score (nSPS) is 10.1. The third-order valence-corrected chi connectivity index (χ3v) is 4.22. The van der Waals surface area contributed by atoms with Gasteiger partial charge in [-0.05, 0) is 25.5 Å². The number of aromatic nitrogens is 1. The number of anilines is 2. The lowest BCUT2D eigenvalue weighted by molar-refractivity contribution is -0.159. The molecule has 1 heterocycles. The molecule has 0 aliphatic carbocycles. The summed E-state index contributed by atoms with van der Waals surface area (Å²) in [5.74, 6) is -2.68. The second-order valence-corrected chi connectivity index (χ2v) is 5.89. The lowest BCUT2D eigenvalue weighted by Crippen LogP contribution is -2.24. The van der Waals surface area contributed by atoms with Gasteiger partial charge in [0.1, 0.15) is 5.82 Å². The summed E-state index contributed by atoms with van der Waals surface area (Å²) in [5.41, 5.74) is 10.4. The molecule has 0 bridgehead atoms. The van der Waals surface area contributed by atoms with Crippen LogP contribution in [0.4, 0.5) is 11.5 Å². The van der Waals surface area contributed by atoms with Gasteiger partial charge in [-0.1, -0.05) is 48.5 Å². The van der Waals surface area contributed by atoms with E-state index in [-0.39, 0.29) is 0 Å². The Bertz CT molecular complexity index is 958. The van der Waals surface area contributed by atoms with Crippen LogP contribution in [0.2, 0.25) is 0 Å². The first-order chi connectivity index (χ1) is 13.4.